The molecule has 3 nitrogen and oxygen atoms in total. The molecule has 1 aliphatic carbocycles. The highest BCUT2D eigenvalue weighted by Gasteiger charge is 2.53. The monoisotopic (exact) mass is 254 g/mol. The predicted molar refractivity (Wildman–Crippen MR) is 69.1 cm³/mol. The zero-order valence-electron chi connectivity index (χ0n) is 11.1. The maximum Gasteiger partial charge on any atom is 0.309 e. The molecule has 1 heterocycles. The Balaban J connectivity index is 2.28. The van der Waals surface area contributed by atoms with Crippen LogP contribution in [0, 0.1) is 17.8 Å². The van der Waals surface area contributed by atoms with Gasteiger partial charge in [0.1, 0.15) is 0 Å². The summed E-state index contributed by atoms with van der Waals surface area (Å²) in [6.07, 6.45) is 4.40. The summed E-state index contributed by atoms with van der Waals surface area (Å²) in [5.41, 5.74) is 0.376. The standard InChI is InChI=1S/C13H22O3Si/c1-5-15-13(14)11-9(2)6-7-10-8-16-17(3,4)12(10)11/h6-7,9-12H,5,8H2,1-4H3/t9-,10-,11-,12-/m1/s1. The van der Waals surface area contributed by atoms with Crippen LogP contribution in [0.25, 0.3) is 0 Å². The molecule has 0 aromatic rings. The summed E-state index contributed by atoms with van der Waals surface area (Å²) in [5, 5.41) is 0. The van der Waals surface area contributed by atoms with Gasteiger partial charge in [0, 0.05) is 12.5 Å². The Labute approximate surface area is 104 Å². The molecule has 0 bridgehead atoms. The predicted octanol–water partition coefficient (Wildman–Crippen LogP) is 2.59. The Hall–Kier alpha value is -0.613. The van der Waals surface area contributed by atoms with E-state index in [1.807, 2.05) is 6.92 Å². The van der Waals surface area contributed by atoms with Crippen LogP contribution in [-0.4, -0.2) is 27.5 Å². The number of carbonyl (C=O) groups is 1. The number of allylic oxidation sites excluding steroid dienone is 1. The molecule has 0 amide bonds. The normalized spacial score (nSPS) is 38.8. The van der Waals surface area contributed by atoms with Crippen molar-refractivity contribution < 1.29 is 14.0 Å². The lowest BCUT2D eigenvalue weighted by Crippen LogP contribution is -2.43. The van der Waals surface area contributed by atoms with Crippen LogP contribution in [0.5, 0.6) is 0 Å². The quantitative estimate of drug-likeness (QED) is 0.432. The highest BCUT2D eigenvalue weighted by molar-refractivity contribution is 6.73. The first kappa shape index (κ1) is 12.8. The lowest BCUT2D eigenvalue weighted by Gasteiger charge is -2.37. The highest BCUT2D eigenvalue weighted by atomic mass is 28.4. The van der Waals surface area contributed by atoms with Crippen LogP contribution >= 0.6 is 0 Å². The van der Waals surface area contributed by atoms with Crippen LogP contribution in [0.15, 0.2) is 12.2 Å². The summed E-state index contributed by atoms with van der Waals surface area (Å²) in [6.45, 7) is 9.66. The fourth-order valence-corrected chi connectivity index (χ4v) is 6.62. The van der Waals surface area contributed by atoms with E-state index >= 15 is 0 Å². The number of ether oxygens (including phenoxy) is 1. The molecule has 4 heteroatoms. The van der Waals surface area contributed by atoms with E-state index in [0.717, 1.165) is 6.61 Å². The summed E-state index contributed by atoms with van der Waals surface area (Å²) in [4.78, 5) is 12.1. The lowest BCUT2D eigenvalue weighted by molar-refractivity contribution is -0.149. The van der Waals surface area contributed by atoms with Crippen molar-refractivity contribution in [2.45, 2.75) is 32.5 Å². The smallest absolute Gasteiger partial charge is 0.309 e. The van der Waals surface area contributed by atoms with Gasteiger partial charge in [-0.05, 0) is 31.5 Å². The summed E-state index contributed by atoms with van der Waals surface area (Å²) in [6, 6.07) is 0. The van der Waals surface area contributed by atoms with E-state index in [-0.39, 0.29) is 17.8 Å². The molecule has 2 rings (SSSR count). The van der Waals surface area contributed by atoms with Gasteiger partial charge in [-0.15, -0.1) is 0 Å². The Bertz CT molecular complexity index is 338. The van der Waals surface area contributed by atoms with Crippen molar-refractivity contribution in [1.82, 2.24) is 0 Å². The number of fused-ring (bicyclic) bond motifs is 1. The van der Waals surface area contributed by atoms with E-state index in [4.69, 9.17) is 9.16 Å². The summed E-state index contributed by atoms with van der Waals surface area (Å²) in [7, 11) is -1.75. The molecule has 4 atom stereocenters. The average Bonchev–Trinajstić information content (AvgIpc) is 2.55. The highest BCUT2D eigenvalue weighted by Crippen LogP contribution is 2.50. The average molecular weight is 254 g/mol. The van der Waals surface area contributed by atoms with Crippen LogP contribution in [0.1, 0.15) is 13.8 Å². The van der Waals surface area contributed by atoms with Crippen molar-refractivity contribution in [3.05, 3.63) is 12.2 Å². The van der Waals surface area contributed by atoms with Crippen LogP contribution in [-0.2, 0) is 14.0 Å². The molecule has 96 valence electrons. The number of hydrogen-bond acceptors (Lipinski definition) is 3. The molecule has 1 saturated heterocycles. The molecule has 0 aromatic carbocycles. The minimum atomic E-state index is -1.75. The van der Waals surface area contributed by atoms with E-state index < -0.39 is 8.32 Å². The van der Waals surface area contributed by atoms with Crippen molar-refractivity contribution in [1.29, 1.82) is 0 Å². The minimum absolute atomic E-state index is 0.00545. The topological polar surface area (TPSA) is 35.5 Å². The Morgan fingerprint density at radius 2 is 2.18 bits per heavy atom. The van der Waals surface area contributed by atoms with Gasteiger partial charge in [0.15, 0.2) is 8.32 Å². The molecule has 0 radical (unpaired) electrons. The largest absolute Gasteiger partial charge is 0.466 e. The van der Waals surface area contributed by atoms with Crippen molar-refractivity contribution in [3.63, 3.8) is 0 Å². The third-order valence-corrected chi connectivity index (χ3v) is 7.39. The fraction of sp³-hybridized carbons (Fsp3) is 0.769. The van der Waals surface area contributed by atoms with Gasteiger partial charge in [0.2, 0.25) is 0 Å². The number of carbonyl (C=O) groups excluding carboxylic acids is 1. The first-order chi connectivity index (χ1) is 7.97. The summed E-state index contributed by atoms with van der Waals surface area (Å²) < 4.78 is 11.2. The second kappa shape index (κ2) is 4.57. The maximum absolute atomic E-state index is 12.1. The first-order valence-corrected chi connectivity index (χ1v) is 9.45. The van der Waals surface area contributed by atoms with Crippen LogP contribution < -0.4 is 0 Å². The van der Waals surface area contributed by atoms with Gasteiger partial charge in [-0.1, -0.05) is 19.1 Å². The zero-order valence-corrected chi connectivity index (χ0v) is 12.1. The Kier molecular flexibility index (Phi) is 3.45. The fourth-order valence-electron chi connectivity index (χ4n) is 3.26. The molecule has 17 heavy (non-hydrogen) atoms. The van der Waals surface area contributed by atoms with Gasteiger partial charge in [0.25, 0.3) is 0 Å². The Morgan fingerprint density at radius 1 is 1.47 bits per heavy atom. The van der Waals surface area contributed by atoms with Crippen molar-refractivity contribution in [3.8, 4) is 0 Å². The maximum atomic E-state index is 12.1. The SMILES string of the molecule is CCOC(=O)[C@H]1[C@H]2[C@H](C=C[C@H]1C)CO[Si]2(C)C. The van der Waals surface area contributed by atoms with Crippen LogP contribution in [0.3, 0.4) is 0 Å². The van der Waals surface area contributed by atoms with Gasteiger partial charge in [-0.3, -0.25) is 4.79 Å². The van der Waals surface area contributed by atoms with E-state index in [1.54, 1.807) is 0 Å². The third kappa shape index (κ3) is 2.20. The molecular weight excluding hydrogens is 232 g/mol. The number of rotatable bonds is 2. The minimum Gasteiger partial charge on any atom is -0.466 e. The van der Waals surface area contributed by atoms with Crippen molar-refractivity contribution in [2.75, 3.05) is 13.2 Å². The molecule has 0 spiro atoms. The third-order valence-electron chi connectivity index (χ3n) is 4.09. The van der Waals surface area contributed by atoms with E-state index in [0.29, 0.717) is 18.1 Å². The molecule has 0 saturated carbocycles. The van der Waals surface area contributed by atoms with Crippen molar-refractivity contribution in [2.24, 2.45) is 17.8 Å². The van der Waals surface area contributed by atoms with Gasteiger partial charge in [0.05, 0.1) is 12.5 Å². The summed E-state index contributed by atoms with van der Waals surface area (Å²) in [5.74, 6) is 0.644. The van der Waals surface area contributed by atoms with Crippen LogP contribution in [0.2, 0.25) is 18.6 Å². The van der Waals surface area contributed by atoms with E-state index in [2.05, 4.69) is 32.2 Å². The second-order valence-corrected chi connectivity index (χ2v) is 9.79. The van der Waals surface area contributed by atoms with Gasteiger partial charge in [-0.25, -0.2) is 0 Å². The van der Waals surface area contributed by atoms with Gasteiger partial charge < -0.3 is 9.16 Å². The molecule has 0 unspecified atom stereocenters. The number of hydrogen-bond donors (Lipinski definition) is 0. The second-order valence-electron chi connectivity index (χ2n) is 5.63. The first-order valence-electron chi connectivity index (χ1n) is 6.46. The molecule has 1 aliphatic heterocycles. The van der Waals surface area contributed by atoms with Gasteiger partial charge in [-0.2, -0.15) is 0 Å². The molecule has 2 aliphatic rings. The van der Waals surface area contributed by atoms with E-state index in [9.17, 15) is 4.79 Å². The van der Waals surface area contributed by atoms with Crippen molar-refractivity contribution >= 4 is 14.3 Å². The molecule has 0 aromatic heterocycles. The van der Waals surface area contributed by atoms with Crippen LogP contribution in [0.4, 0.5) is 0 Å². The van der Waals surface area contributed by atoms with Gasteiger partial charge >= 0.3 is 5.97 Å². The molecular formula is C13H22O3Si. The van der Waals surface area contributed by atoms with E-state index in [1.165, 1.54) is 0 Å². The molecule has 0 N–H and O–H groups in total. The number of esters is 1. The zero-order chi connectivity index (χ0) is 12.6. The Morgan fingerprint density at radius 3 is 2.82 bits per heavy atom. The lowest BCUT2D eigenvalue weighted by atomic mass is 9.79. The molecule has 1 fully saturated rings. The summed E-state index contributed by atoms with van der Waals surface area (Å²) >= 11 is 0.